The summed E-state index contributed by atoms with van der Waals surface area (Å²) in [5.74, 6) is 2.02. The predicted octanol–water partition coefficient (Wildman–Crippen LogP) is 4.93. The Kier molecular flexibility index (Phi) is 7.16. The number of thiophene rings is 1. The lowest BCUT2D eigenvalue weighted by Crippen LogP contribution is -2.15. The number of nitriles is 1. The van der Waals surface area contributed by atoms with E-state index in [1.807, 2.05) is 28.8 Å². The van der Waals surface area contributed by atoms with Gasteiger partial charge in [0.25, 0.3) is 0 Å². The molecule has 1 atom stereocenters. The fraction of sp³-hybridized carbons (Fsp3) is 0.333. The second-order valence-corrected chi connectivity index (χ2v) is 9.99. The summed E-state index contributed by atoms with van der Waals surface area (Å²) in [4.78, 5) is 14.0. The number of rotatable bonds is 8. The average Bonchev–Trinajstić information content (AvgIpc) is 3.37. The van der Waals surface area contributed by atoms with Crippen LogP contribution in [0, 0.1) is 17.2 Å². The summed E-state index contributed by atoms with van der Waals surface area (Å²) in [7, 11) is 1.62. The number of hydrogen-bond acceptors (Lipinski definition) is 7. The molecule has 2 heterocycles. The van der Waals surface area contributed by atoms with Crippen LogP contribution in [0.1, 0.15) is 29.3 Å². The first-order valence-electron chi connectivity index (χ1n) is 10.7. The van der Waals surface area contributed by atoms with Crippen molar-refractivity contribution in [1.82, 2.24) is 14.8 Å². The van der Waals surface area contributed by atoms with Gasteiger partial charge in [0.2, 0.25) is 5.91 Å². The maximum absolute atomic E-state index is 12.7. The molecule has 0 radical (unpaired) electrons. The van der Waals surface area contributed by atoms with E-state index in [1.165, 1.54) is 28.0 Å². The van der Waals surface area contributed by atoms with Crippen molar-refractivity contribution >= 4 is 34.0 Å². The van der Waals surface area contributed by atoms with Crippen molar-refractivity contribution in [1.29, 1.82) is 5.26 Å². The molecule has 1 aromatic carbocycles. The molecule has 9 heteroatoms. The third kappa shape index (κ3) is 4.97. The Morgan fingerprint density at radius 3 is 3.09 bits per heavy atom. The van der Waals surface area contributed by atoms with Gasteiger partial charge in [0.05, 0.1) is 18.4 Å². The summed E-state index contributed by atoms with van der Waals surface area (Å²) < 4.78 is 7.24. The van der Waals surface area contributed by atoms with Crippen LogP contribution in [0.3, 0.4) is 0 Å². The number of nitrogens with one attached hydrogen (secondary N) is 1. The minimum atomic E-state index is -0.167. The molecule has 170 valence electrons. The number of benzene rings is 1. The molecule has 1 amide bonds. The Labute approximate surface area is 201 Å². The van der Waals surface area contributed by atoms with Gasteiger partial charge in [0.1, 0.15) is 16.8 Å². The molecule has 1 N–H and O–H groups in total. The van der Waals surface area contributed by atoms with Gasteiger partial charge in [0, 0.05) is 17.0 Å². The van der Waals surface area contributed by atoms with E-state index in [4.69, 9.17) is 4.74 Å². The normalized spacial score (nSPS) is 14.9. The quantitative estimate of drug-likeness (QED) is 0.364. The molecule has 0 spiro atoms. The maximum Gasteiger partial charge on any atom is 0.235 e. The molecule has 0 saturated carbocycles. The van der Waals surface area contributed by atoms with Crippen LogP contribution < -0.4 is 10.1 Å². The molecule has 1 aliphatic rings. The molecule has 7 nitrogen and oxygen atoms in total. The molecule has 0 aliphatic heterocycles. The number of ether oxygens (including phenoxy) is 1. The van der Waals surface area contributed by atoms with Gasteiger partial charge in [0.15, 0.2) is 11.0 Å². The summed E-state index contributed by atoms with van der Waals surface area (Å²) in [6.45, 7) is 6.57. The molecule has 4 rings (SSSR count). The van der Waals surface area contributed by atoms with Crippen LogP contribution in [0.25, 0.3) is 11.4 Å². The van der Waals surface area contributed by atoms with Crippen LogP contribution in [-0.2, 0) is 24.2 Å². The first-order valence-corrected chi connectivity index (χ1v) is 12.5. The van der Waals surface area contributed by atoms with Crippen LogP contribution in [0.15, 0.2) is 42.1 Å². The first-order chi connectivity index (χ1) is 16.0. The van der Waals surface area contributed by atoms with Crippen LogP contribution in [0.4, 0.5) is 5.00 Å². The highest BCUT2D eigenvalue weighted by atomic mass is 32.2. The van der Waals surface area contributed by atoms with E-state index in [1.54, 1.807) is 13.2 Å². The largest absolute Gasteiger partial charge is 0.497 e. The number of aromatic nitrogens is 3. The number of methoxy groups -OCH3 is 1. The number of thioether (sulfide) groups is 1. The maximum atomic E-state index is 12.7. The number of hydrogen-bond donors (Lipinski definition) is 1. The Hall–Kier alpha value is -3.09. The topological polar surface area (TPSA) is 92.8 Å². The highest BCUT2D eigenvalue weighted by Gasteiger charge is 2.25. The number of allylic oxidation sites excluding steroid dienone is 1. The first kappa shape index (κ1) is 23.1. The highest BCUT2D eigenvalue weighted by Crippen LogP contribution is 2.39. The van der Waals surface area contributed by atoms with Crippen LogP contribution in [-0.4, -0.2) is 33.5 Å². The number of carbonyl (C=O) groups excluding carboxylic acids is 1. The van der Waals surface area contributed by atoms with Gasteiger partial charge in [-0.1, -0.05) is 36.9 Å². The fourth-order valence-corrected chi connectivity index (χ4v) is 6.04. The van der Waals surface area contributed by atoms with Crippen LogP contribution in [0.5, 0.6) is 5.75 Å². The number of amides is 1. The summed E-state index contributed by atoms with van der Waals surface area (Å²) in [5, 5.41) is 22.5. The lowest BCUT2D eigenvalue weighted by atomic mass is 9.89. The number of fused-ring (bicyclic) bond motifs is 1. The predicted molar refractivity (Wildman–Crippen MR) is 132 cm³/mol. The van der Waals surface area contributed by atoms with Gasteiger partial charge < -0.3 is 10.1 Å². The SMILES string of the molecule is C=CCn1c(SCC(=O)Nc2sc3c(c2C#N)CCC(C)C3)nnc1-c1cccc(OC)c1. The monoisotopic (exact) mass is 479 g/mol. The summed E-state index contributed by atoms with van der Waals surface area (Å²) in [6, 6.07) is 9.90. The van der Waals surface area contributed by atoms with E-state index in [9.17, 15) is 10.1 Å². The molecule has 0 fully saturated rings. The highest BCUT2D eigenvalue weighted by molar-refractivity contribution is 7.99. The van der Waals surface area contributed by atoms with Crippen LogP contribution >= 0.6 is 23.1 Å². The smallest absolute Gasteiger partial charge is 0.235 e. The molecule has 0 saturated heterocycles. The van der Waals surface area contributed by atoms with E-state index >= 15 is 0 Å². The Morgan fingerprint density at radius 2 is 2.33 bits per heavy atom. The third-order valence-electron chi connectivity index (χ3n) is 5.57. The Morgan fingerprint density at radius 1 is 1.48 bits per heavy atom. The molecule has 1 unspecified atom stereocenters. The molecule has 33 heavy (non-hydrogen) atoms. The molecular weight excluding hydrogens is 454 g/mol. The van der Waals surface area contributed by atoms with Crippen LogP contribution in [0.2, 0.25) is 0 Å². The number of anilines is 1. The van der Waals surface area contributed by atoms with Gasteiger partial charge >= 0.3 is 0 Å². The van der Waals surface area contributed by atoms with E-state index < -0.39 is 0 Å². The summed E-state index contributed by atoms with van der Waals surface area (Å²) in [5.41, 5.74) is 2.60. The van der Waals surface area contributed by atoms with E-state index in [0.29, 0.717) is 34.0 Å². The van der Waals surface area contributed by atoms with E-state index in [-0.39, 0.29) is 11.7 Å². The van der Waals surface area contributed by atoms with Crippen molar-refractivity contribution in [3.8, 4) is 23.2 Å². The third-order valence-corrected chi connectivity index (χ3v) is 7.70. The summed E-state index contributed by atoms with van der Waals surface area (Å²) >= 11 is 2.84. The van der Waals surface area contributed by atoms with Gasteiger partial charge in [-0.15, -0.1) is 28.1 Å². The second kappa shape index (κ2) is 10.2. The zero-order chi connectivity index (χ0) is 23.4. The zero-order valence-corrected chi connectivity index (χ0v) is 20.3. The minimum absolute atomic E-state index is 0.164. The molecular formula is C24H25N5O2S2. The van der Waals surface area contributed by atoms with Gasteiger partial charge in [-0.05, 0) is 42.9 Å². The van der Waals surface area contributed by atoms with E-state index in [0.717, 1.165) is 36.1 Å². The van der Waals surface area contributed by atoms with Gasteiger partial charge in [-0.25, -0.2) is 0 Å². The van der Waals surface area contributed by atoms with E-state index in [2.05, 4.69) is 35.1 Å². The van der Waals surface area contributed by atoms with Gasteiger partial charge in [-0.3, -0.25) is 9.36 Å². The van der Waals surface area contributed by atoms with Gasteiger partial charge in [-0.2, -0.15) is 5.26 Å². The van der Waals surface area contributed by atoms with Crippen molar-refractivity contribution in [3.63, 3.8) is 0 Å². The fourth-order valence-electron chi connectivity index (χ4n) is 3.91. The molecule has 1 aliphatic carbocycles. The number of carbonyl (C=O) groups is 1. The van der Waals surface area contributed by atoms with Crippen molar-refractivity contribution in [2.45, 2.75) is 37.9 Å². The van der Waals surface area contributed by atoms with Crippen molar-refractivity contribution < 1.29 is 9.53 Å². The standard InChI is InChI=1S/C24H25N5O2S2/c1-4-10-29-22(16-6-5-7-17(12-16)31-3)27-28-24(29)32-14-21(30)26-23-19(13-25)18-9-8-15(2)11-20(18)33-23/h4-7,12,15H,1,8-11,14H2,2-3H3,(H,26,30). The van der Waals surface area contributed by atoms with Crippen molar-refractivity contribution in [2.24, 2.45) is 5.92 Å². The lowest BCUT2D eigenvalue weighted by Gasteiger charge is -2.17. The molecule has 0 bridgehead atoms. The lowest BCUT2D eigenvalue weighted by molar-refractivity contribution is -0.113. The van der Waals surface area contributed by atoms with Crippen molar-refractivity contribution in [3.05, 3.63) is 52.9 Å². The molecule has 3 aromatic rings. The molecule has 2 aromatic heterocycles. The Balaban J connectivity index is 1.48. The Bertz CT molecular complexity index is 1220. The zero-order valence-electron chi connectivity index (χ0n) is 18.6. The minimum Gasteiger partial charge on any atom is -0.497 e. The van der Waals surface area contributed by atoms with Crippen molar-refractivity contribution in [2.75, 3.05) is 18.2 Å². The summed E-state index contributed by atoms with van der Waals surface area (Å²) in [6.07, 6.45) is 4.72. The second-order valence-electron chi connectivity index (χ2n) is 7.94. The average molecular weight is 480 g/mol. The number of nitrogens with zero attached hydrogens (tertiary/aromatic N) is 4.